The summed E-state index contributed by atoms with van der Waals surface area (Å²) >= 11 is 0. The van der Waals surface area contributed by atoms with Crippen LogP contribution in [-0.4, -0.2) is 36.0 Å². The number of aryl methyl sites for hydroxylation is 1. The SMILES string of the molecule is CNC(=O)NC(=O)C(C)Oc1cc(C)ccc1C(C)=NO. The summed E-state index contributed by atoms with van der Waals surface area (Å²) in [6, 6.07) is 4.70. The largest absolute Gasteiger partial charge is 0.480 e. The molecule has 21 heavy (non-hydrogen) atoms. The summed E-state index contributed by atoms with van der Waals surface area (Å²) in [6.07, 6.45) is -0.880. The highest BCUT2D eigenvalue weighted by atomic mass is 16.5. The third kappa shape index (κ3) is 4.48. The van der Waals surface area contributed by atoms with Gasteiger partial charge in [-0.2, -0.15) is 0 Å². The van der Waals surface area contributed by atoms with Crippen molar-refractivity contribution in [2.45, 2.75) is 26.9 Å². The van der Waals surface area contributed by atoms with Crippen LogP contribution in [0, 0.1) is 6.92 Å². The summed E-state index contributed by atoms with van der Waals surface area (Å²) < 4.78 is 5.57. The van der Waals surface area contributed by atoms with Gasteiger partial charge < -0.3 is 15.3 Å². The van der Waals surface area contributed by atoms with Gasteiger partial charge in [-0.3, -0.25) is 10.1 Å². The fourth-order valence-corrected chi connectivity index (χ4v) is 1.60. The van der Waals surface area contributed by atoms with E-state index in [2.05, 4.69) is 15.8 Å². The molecule has 1 aromatic carbocycles. The first kappa shape index (κ1) is 16.5. The molecule has 0 bridgehead atoms. The van der Waals surface area contributed by atoms with E-state index in [4.69, 9.17) is 9.94 Å². The van der Waals surface area contributed by atoms with Crippen molar-refractivity contribution in [3.63, 3.8) is 0 Å². The molecule has 0 saturated heterocycles. The lowest BCUT2D eigenvalue weighted by Crippen LogP contribution is -2.44. The fourth-order valence-electron chi connectivity index (χ4n) is 1.60. The highest BCUT2D eigenvalue weighted by Crippen LogP contribution is 2.22. The Balaban J connectivity index is 2.93. The Morgan fingerprint density at radius 2 is 2.05 bits per heavy atom. The third-order valence-corrected chi connectivity index (χ3v) is 2.81. The van der Waals surface area contributed by atoms with Gasteiger partial charge in [0.1, 0.15) is 5.75 Å². The zero-order valence-electron chi connectivity index (χ0n) is 12.4. The minimum atomic E-state index is -0.880. The monoisotopic (exact) mass is 293 g/mol. The first-order valence-electron chi connectivity index (χ1n) is 6.38. The summed E-state index contributed by atoms with van der Waals surface area (Å²) in [5.41, 5.74) is 1.87. The van der Waals surface area contributed by atoms with Crippen molar-refractivity contribution in [2.24, 2.45) is 5.16 Å². The molecule has 1 rings (SSSR count). The Kier molecular flexibility index (Phi) is 5.71. The molecule has 0 aliphatic heterocycles. The van der Waals surface area contributed by atoms with E-state index in [0.717, 1.165) is 5.56 Å². The van der Waals surface area contributed by atoms with E-state index >= 15 is 0 Å². The van der Waals surface area contributed by atoms with E-state index in [9.17, 15) is 9.59 Å². The van der Waals surface area contributed by atoms with Gasteiger partial charge in [-0.05, 0) is 38.5 Å². The summed E-state index contributed by atoms with van der Waals surface area (Å²) in [5, 5.41) is 16.4. The van der Waals surface area contributed by atoms with Crippen molar-refractivity contribution in [3.8, 4) is 5.75 Å². The molecular weight excluding hydrogens is 274 g/mol. The van der Waals surface area contributed by atoms with Crippen molar-refractivity contribution in [3.05, 3.63) is 29.3 Å². The number of hydrogen-bond donors (Lipinski definition) is 3. The van der Waals surface area contributed by atoms with Crippen molar-refractivity contribution in [1.82, 2.24) is 10.6 Å². The zero-order valence-corrected chi connectivity index (χ0v) is 12.4. The summed E-state index contributed by atoms with van der Waals surface area (Å²) in [7, 11) is 1.41. The van der Waals surface area contributed by atoms with Crippen molar-refractivity contribution >= 4 is 17.6 Å². The molecule has 0 aliphatic rings. The molecule has 0 spiro atoms. The van der Waals surface area contributed by atoms with Crippen molar-refractivity contribution in [2.75, 3.05) is 7.05 Å². The second-order valence-corrected chi connectivity index (χ2v) is 4.51. The molecule has 0 radical (unpaired) electrons. The summed E-state index contributed by atoms with van der Waals surface area (Å²) in [6.45, 7) is 5.01. The van der Waals surface area contributed by atoms with Gasteiger partial charge in [-0.1, -0.05) is 11.2 Å². The minimum Gasteiger partial charge on any atom is -0.480 e. The summed E-state index contributed by atoms with van der Waals surface area (Å²) in [4.78, 5) is 22.9. The molecule has 7 heteroatoms. The maximum atomic E-state index is 11.8. The second-order valence-electron chi connectivity index (χ2n) is 4.51. The first-order valence-corrected chi connectivity index (χ1v) is 6.38. The molecule has 0 aliphatic carbocycles. The van der Waals surface area contributed by atoms with Crippen LogP contribution < -0.4 is 15.4 Å². The number of nitrogens with zero attached hydrogens (tertiary/aromatic N) is 1. The van der Waals surface area contributed by atoms with E-state index in [1.807, 2.05) is 13.0 Å². The van der Waals surface area contributed by atoms with Gasteiger partial charge in [0, 0.05) is 12.6 Å². The topological polar surface area (TPSA) is 100 Å². The van der Waals surface area contributed by atoms with Crippen LogP contribution in [0.3, 0.4) is 0 Å². The van der Waals surface area contributed by atoms with Gasteiger partial charge in [-0.25, -0.2) is 4.79 Å². The van der Waals surface area contributed by atoms with Crippen LogP contribution in [0.15, 0.2) is 23.4 Å². The predicted molar refractivity (Wildman–Crippen MR) is 77.9 cm³/mol. The Labute approximate surface area is 123 Å². The van der Waals surface area contributed by atoms with Gasteiger partial charge in [0.15, 0.2) is 6.10 Å². The van der Waals surface area contributed by atoms with Gasteiger partial charge >= 0.3 is 6.03 Å². The molecule has 3 amide bonds. The van der Waals surface area contributed by atoms with Gasteiger partial charge in [0.05, 0.1) is 5.71 Å². The number of ether oxygens (including phenoxy) is 1. The van der Waals surface area contributed by atoms with E-state index in [0.29, 0.717) is 17.0 Å². The van der Waals surface area contributed by atoms with E-state index in [1.54, 1.807) is 19.1 Å². The lowest BCUT2D eigenvalue weighted by molar-refractivity contribution is -0.126. The molecular formula is C14H19N3O4. The Morgan fingerprint density at radius 1 is 1.38 bits per heavy atom. The van der Waals surface area contributed by atoms with Crippen molar-refractivity contribution < 1.29 is 19.5 Å². The van der Waals surface area contributed by atoms with E-state index < -0.39 is 18.0 Å². The molecule has 3 N–H and O–H groups in total. The average Bonchev–Trinajstić information content (AvgIpc) is 2.46. The molecule has 1 aromatic rings. The normalized spacial score (nSPS) is 12.5. The Bertz CT molecular complexity index is 569. The maximum absolute atomic E-state index is 11.8. The molecule has 7 nitrogen and oxygen atoms in total. The lowest BCUT2D eigenvalue weighted by Gasteiger charge is -2.17. The molecule has 114 valence electrons. The number of urea groups is 1. The number of imide groups is 1. The molecule has 0 aromatic heterocycles. The molecule has 0 heterocycles. The predicted octanol–water partition coefficient (Wildman–Crippen LogP) is 1.42. The molecule has 0 saturated carbocycles. The van der Waals surface area contributed by atoms with Crippen LogP contribution in [-0.2, 0) is 4.79 Å². The van der Waals surface area contributed by atoms with Crippen LogP contribution in [0.2, 0.25) is 0 Å². The number of carbonyl (C=O) groups excluding carboxylic acids is 2. The third-order valence-electron chi connectivity index (χ3n) is 2.81. The average molecular weight is 293 g/mol. The quantitative estimate of drug-likeness (QED) is 0.444. The van der Waals surface area contributed by atoms with Crippen molar-refractivity contribution in [1.29, 1.82) is 0 Å². The number of nitrogens with one attached hydrogen (secondary N) is 2. The maximum Gasteiger partial charge on any atom is 0.321 e. The highest BCUT2D eigenvalue weighted by Gasteiger charge is 2.19. The van der Waals surface area contributed by atoms with E-state index in [1.165, 1.54) is 14.0 Å². The van der Waals surface area contributed by atoms with Crippen LogP contribution in [0.5, 0.6) is 5.75 Å². The molecule has 1 unspecified atom stereocenters. The second kappa shape index (κ2) is 7.28. The van der Waals surface area contributed by atoms with Crippen LogP contribution >= 0.6 is 0 Å². The Morgan fingerprint density at radius 3 is 2.62 bits per heavy atom. The Hall–Kier alpha value is -2.57. The fraction of sp³-hybridized carbons (Fsp3) is 0.357. The molecule has 0 fully saturated rings. The van der Waals surface area contributed by atoms with Gasteiger partial charge in [0.25, 0.3) is 5.91 Å². The zero-order chi connectivity index (χ0) is 16.0. The number of amides is 3. The van der Waals surface area contributed by atoms with Gasteiger partial charge in [0.2, 0.25) is 0 Å². The standard InChI is InChI=1S/C14H19N3O4/c1-8-5-6-11(9(2)17-20)12(7-8)21-10(3)13(18)16-14(19)15-4/h5-7,10,20H,1-4H3,(H2,15,16,18,19). The highest BCUT2D eigenvalue weighted by molar-refractivity contribution is 6.01. The smallest absolute Gasteiger partial charge is 0.321 e. The van der Waals surface area contributed by atoms with Gasteiger partial charge in [-0.15, -0.1) is 0 Å². The van der Waals surface area contributed by atoms with Crippen LogP contribution in [0.25, 0.3) is 0 Å². The number of benzene rings is 1. The van der Waals surface area contributed by atoms with E-state index in [-0.39, 0.29) is 0 Å². The first-order chi connectivity index (χ1) is 9.88. The number of rotatable bonds is 4. The summed E-state index contributed by atoms with van der Waals surface area (Å²) in [5.74, 6) is -0.162. The number of oxime groups is 1. The van der Waals surface area contributed by atoms with Crippen LogP contribution in [0.4, 0.5) is 4.79 Å². The van der Waals surface area contributed by atoms with Crippen LogP contribution in [0.1, 0.15) is 25.0 Å². The lowest BCUT2D eigenvalue weighted by atomic mass is 10.1. The number of carbonyl (C=O) groups is 2. The molecule has 1 atom stereocenters. The minimum absolute atomic E-state index is 0.365. The number of hydrogen-bond acceptors (Lipinski definition) is 5.